The predicted molar refractivity (Wildman–Crippen MR) is 87.1 cm³/mol. The van der Waals surface area contributed by atoms with Crippen LogP contribution >= 0.6 is 15.9 Å². The van der Waals surface area contributed by atoms with Crippen molar-refractivity contribution in [3.8, 4) is 5.75 Å². The van der Waals surface area contributed by atoms with E-state index in [2.05, 4.69) is 21.2 Å². The van der Waals surface area contributed by atoms with Gasteiger partial charge in [0.25, 0.3) is 0 Å². The zero-order chi connectivity index (χ0) is 15.1. The van der Waals surface area contributed by atoms with E-state index in [0.29, 0.717) is 13.0 Å². The van der Waals surface area contributed by atoms with Crippen LogP contribution in [0.2, 0.25) is 0 Å². The van der Waals surface area contributed by atoms with Gasteiger partial charge in [-0.05, 0) is 65.1 Å². The van der Waals surface area contributed by atoms with Gasteiger partial charge in [-0.25, -0.2) is 4.39 Å². The van der Waals surface area contributed by atoms with Crippen molar-refractivity contribution >= 4 is 15.9 Å². The zero-order valence-corrected chi connectivity index (χ0v) is 13.6. The largest absolute Gasteiger partial charge is 0.493 e. The summed E-state index contributed by atoms with van der Waals surface area (Å²) in [5.41, 5.74) is 1.91. The summed E-state index contributed by atoms with van der Waals surface area (Å²) >= 11 is 3.50. The van der Waals surface area contributed by atoms with Gasteiger partial charge in [0.05, 0.1) is 11.1 Å². The maximum atomic E-state index is 13.5. The number of nitrogens with one attached hydrogen (secondary N) is 1. The van der Waals surface area contributed by atoms with Crippen molar-refractivity contribution in [2.75, 3.05) is 13.2 Å². The highest BCUT2D eigenvalue weighted by Crippen LogP contribution is 2.25. The molecule has 2 aromatic rings. The molecule has 0 aromatic heterocycles. The standard InChI is InChI=1S/C17H19BrFNO/c1-2-21-17-8-7-13(11-15(17)18)12-20-10-9-14-5-3-4-6-16(14)19/h3-8,11,20H,2,9-10,12H2,1H3. The Bertz CT molecular complexity index is 589. The van der Waals surface area contributed by atoms with E-state index in [1.165, 1.54) is 11.6 Å². The van der Waals surface area contributed by atoms with Gasteiger partial charge in [0.1, 0.15) is 11.6 Å². The van der Waals surface area contributed by atoms with Crippen molar-refractivity contribution in [1.82, 2.24) is 5.32 Å². The molecule has 0 fully saturated rings. The normalized spacial score (nSPS) is 10.6. The number of ether oxygens (including phenoxy) is 1. The minimum atomic E-state index is -0.136. The molecule has 4 heteroatoms. The third kappa shape index (κ3) is 4.83. The molecule has 2 rings (SSSR count). The molecule has 1 N–H and O–H groups in total. The number of hydrogen-bond donors (Lipinski definition) is 1. The lowest BCUT2D eigenvalue weighted by Gasteiger charge is -2.09. The lowest BCUT2D eigenvalue weighted by atomic mass is 10.1. The summed E-state index contributed by atoms with van der Waals surface area (Å²) in [5.74, 6) is 0.718. The fraction of sp³-hybridized carbons (Fsp3) is 0.294. The monoisotopic (exact) mass is 351 g/mol. The molecule has 0 saturated carbocycles. The second-order valence-electron chi connectivity index (χ2n) is 4.72. The van der Waals surface area contributed by atoms with Crippen molar-refractivity contribution < 1.29 is 9.13 Å². The second-order valence-corrected chi connectivity index (χ2v) is 5.57. The molecule has 0 atom stereocenters. The Labute approximate surface area is 133 Å². The van der Waals surface area contributed by atoms with Crippen LogP contribution in [0.3, 0.4) is 0 Å². The van der Waals surface area contributed by atoms with E-state index >= 15 is 0 Å². The van der Waals surface area contributed by atoms with Gasteiger partial charge in [0, 0.05) is 6.54 Å². The molecule has 0 amide bonds. The quantitative estimate of drug-likeness (QED) is 0.750. The van der Waals surface area contributed by atoms with E-state index < -0.39 is 0 Å². The van der Waals surface area contributed by atoms with E-state index in [9.17, 15) is 4.39 Å². The molecular formula is C17H19BrFNO. The lowest BCUT2D eigenvalue weighted by Crippen LogP contribution is -2.17. The van der Waals surface area contributed by atoms with Gasteiger partial charge in [0.15, 0.2) is 0 Å². The van der Waals surface area contributed by atoms with E-state index in [1.807, 2.05) is 37.3 Å². The van der Waals surface area contributed by atoms with E-state index in [-0.39, 0.29) is 5.82 Å². The van der Waals surface area contributed by atoms with Gasteiger partial charge in [-0.1, -0.05) is 24.3 Å². The topological polar surface area (TPSA) is 21.3 Å². The fourth-order valence-corrected chi connectivity index (χ4v) is 2.62. The molecule has 0 aliphatic rings. The van der Waals surface area contributed by atoms with Gasteiger partial charge in [-0.3, -0.25) is 0 Å². The van der Waals surface area contributed by atoms with E-state index in [1.54, 1.807) is 6.07 Å². The van der Waals surface area contributed by atoms with Gasteiger partial charge in [-0.2, -0.15) is 0 Å². The van der Waals surface area contributed by atoms with Crippen LogP contribution in [0.5, 0.6) is 5.75 Å². The minimum absolute atomic E-state index is 0.136. The van der Waals surface area contributed by atoms with E-state index in [4.69, 9.17) is 4.74 Å². The Morgan fingerprint density at radius 1 is 1.19 bits per heavy atom. The first kappa shape index (κ1) is 16.0. The molecule has 112 valence electrons. The molecule has 0 radical (unpaired) electrons. The molecule has 0 saturated heterocycles. The second kappa shape index (κ2) is 8.15. The average molecular weight is 352 g/mol. The van der Waals surface area contributed by atoms with Gasteiger partial charge >= 0.3 is 0 Å². The third-order valence-corrected chi connectivity index (χ3v) is 3.77. The Balaban J connectivity index is 1.81. The molecule has 0 aliphatic carbocycles. The highest BCUT2D eigenvalue weighted by atomic mass is 79.9. The summed E-state index contributed by atoms with van der Waals surface area (Å²) in [5, 5.41) is 3.33. The number of rotatable bonds is 7. The van der Waals surface area contributed by atoms with Crippen LogP contribution in [0, 0.1) is 5.82 Å². The predicted octanol–water partition coefficient (Wildman–Crippen LogP) is 4.32. The lowest BCUT2D eigenvalue weighted by molar-refractivity contribution is 0.338. The SMILES string of the molecule is CCOc1ccc(CNCCc2ccccc2F)cc1Br. The summed E-state index contributed by atoms with van der Waals surface area (Å²) in [6, 6.07) is 12.9. The summed E-state index contributed by atoms with van der Waals surface area (Å²) in [7, 11) is 0. The Morgan fingerprint density at radius 2 is 2.00 bits per heavy atom. The van der Waals surface area contributed by atoms with Crippen molar-refractivity contribution in [3.63, 3.8) is 0 Å². The van der Waals surface area contributed by atoms with Crippen LogP contribution in [0.25, 0.3) is 0 Å². The summed E-state index contributed by atoms with van der Waals surface area (Å²) in [6.45, 7) is 4.11. The summed E-state index contributed by atoms with van der Waals surface area (Å²) in [4.78, 5) is 0. The van der Waals surface area contributed by atoms with Gasteiger partial charge in [-0.15, -0.1) is 0 Å². The highest BCUT2D eigenvalue weighted by Gasteiger charge is 2.03. The van der Waals surface area contributed by atoms with Crippen LogP contribution in [-0.2, 0) is 13.0 Å². The number of benzene rings is 2. The van der Waals surface area contributed by atoms with Gasteiger partial charge in [0.2, 0.25) is 0 Å². The molecule has 21 heavy (non-hydrogen) atoms. The van der Waals surface area contributed by atoms with E-state index in [0.717, 1.165) is 28.9 Å². The van der Waals surface area contributed by atoms with Crippen molar-refractivity contribution in [2.24, 2.45) is 0 Å². The molecule has 0 aliphatic heterocycles. The average Bonchev–Trinajstić information content (AvgIpc) is 2.48. The van der Waals surface area contributed by atoms with Crippen molar-refractivity contribution in [1.29, 1.82) is 0 Å². The minimum Gasteiger partial charge on any atom is -0.493 e. The van der Waals surface area contributed by atoms with Crippen LogP contribution in [0.1, 0.15) is 18.1 Å². The molecular weight excluding hydrogens is 333 g/mol. The molecule has 0 heterocycles. The first-order valence-corrected chi connectivity index (χ1v) is 7.85. The molecule has 0 bridgehead atoms. The molecule has 0 unspecified atom stereocenters. The first-order valence-electron chi connectivity index (χ1n) is 7.06. The Kier molecular flexibility index (Phi) is 6.21. The van der Waals surface area contributed by atoms with Crippen molar-refractivity contribution in [2.45, 2.75) is 19.9 Å². The van der Waals surface area contributed by atoms with Gasteiger partial charge < -0.3 is 10.1 Å². The summed E-state index contributed by atoms with van der Waals surface area (Å²) < 4.78 is 19.9. The van der Waals surface area contributed by atoms with Crippen LogP contribution in [0.15, 0.2) is 46.9 Å². The van der Waals surface area contributed by atoms with Crippen LogP contribution in [0.4, 0.5) is 4.39 Å². The maximum Gasteiger partial charge on any atom is 0.133 e. The van der Waals surface area contributed by atoms with Crippen molar-refractivity contribution in [3.05, 3.63) is 63.9 Å². The number of hydrogen-bond acceptors (Lipinski definition) is 2. The third-order valence-electron chi connectivity index (χ3n) is 3.15. The van der Waals surface area contributed by atoms with Crippen LogP contribution < -0.4 is 10.1 Å². The summed E-state index contributed by atoms with van der Waals surface area (Å²) in [6.07, 6.45) is 0.685. The first-order chi connectivity index (χ1) is 10.2. The Morgan fingerprint density at radius 3 is 2.71 bits per heavy atom. The smallest absolute Gasteiger partial charge is 0.133 e. The molecule has 2 aromatic carbocycles. The fourth-order valence-electron chi connectivity index (χ4n) is 2.08. The molecule has 2 nitrogen and oxygen atoms in total. The Hall–Kier alpha value is -1.39. The maximum absolute atomic E-state index is 13.5. The van der Waals surface area contributed by atoms with Crippen LogP contribution in [-0.4, -0.2) is 13.2 Å². The highest BCUT2D eigenvalue weighted by molar-refractivity contribution is 9.10. The zero-order valence-electron chi connectivity index (χ0n) is 12.0. The number of halogens is 2. The molecule has 0 spiro atoms.